The van der Waals surface area contributed by atoms with Gasteiger partial charge in [-0.2, -0.15) is 0 Å². The van der Waals surface area contributed by atoms with Crippen LogP contribution < -0.4 is 10.6 Å². The number of amides is 3. The molecule has 3 aromatic rings. The van der Waals surface area contributed by atoms with Crippen LogP contribution in [0.25, 0.3) is 0 Å². The second-order valence-electron chi connectivity index (χ2n) is 8.88. The number of pyridine rings is 1. The van der Waals surface area contributed by atoms with E-state index in [1.807, 2.05) is 44.4 Å². The number of hydrogen-bond acceptors (Lipinski definition) is 6. The van der Waals surface area contributed by atoms with Gasteiger partial charge in [0.15, 0.2) is 0 Å². The number of ether oxygens (including phenoxy) is 1. The van der Waals surface area contributed by atoms with Crippen LogP contribution in [0.4, 0.5) is 10.5 Å². The zero-order valence-corrected chi connectivity index (χ0v) is 20.9. The highest BCUT2D eigenvalue weighted by Gasteiger charge is 2.22. The minimum atomic E-state index is -0.603. The van der Waals surface area contributed by atoms with Crippen molar-refractivity contribution in [3.05, 3.63) is 82.3 Å². The van der Waals surface area contributed by atoms with Crippen LogP contribution in [0.5, 0.6) is 0 Å². The topological polar surface area (TPSA) is 101 Å². The van der Waals surface area contributed by atoms with Gasteiger partial charge in [-0.3, -0.25) is 14.6 Å². The summed E-state index contributed by atoms with van der Waals surface area (Å²) in [5.74, 6) is -0.407. The van der Waals surface area contributed by atoms with Gasteiger partial charge in [0.25, 0.3) is 11.8 Å². The van der Waals surface area contributed by atoms with Gasteiger partial charge in [0.2, 0.25) is 0 Å². The molecule has 0 saturated carbocycles. The average molecular weight is 495 g/mol. The van der Waals surface area contributed by atoms with Crippen molar-refractivity contribution in [3.63, 3.8) is 0 Å². The first-order chi connectivity index (χ1) is 16.7. The Morgan fingerprint density at radius 3 is 2.43 bits per heavy atom. The van der Waals surface area contributed by atoms with Crippen LogP contribution in [0.15, 0.2) is 66.3 Å². The molecule has 0 aliphatic carbocycles. The number of carbonyl (C=O) groups excluding carboxylic acids is 3. The molecule has 0 atom stereocenters. The Morgan fingerprint density at radius 1 is 1.03 bits per heavy atom. The lowest BCUT2D eigenvalue weighted by Gasteiger charge is -2.27. The van der Waals surface area contributed by atoms with Crippen molar-refractivity contribution in [2.24, 2.45) is 0 Å². The molecule has 2 heterocycles. The number of hydrogen-bond donors (Lipinski definition) is 2. The quantitative estimate of drug-likeness (QED) is 0.410. The first-order valence-electron chi connectivity index (χ1n) is 11.3. The van der Waals surface area contributed by atoms with E-state index in [9.17, 15) is 14.4 Å². The van der Waals surface area contributed by atoms with Crippen LogP contribution in [0.1, 0.15) is 52.8 Å². The van der Waals surface area contributed by atoms with E-state index in [-0.39, 0.29) is 11.8 Å². The first kappa shape index (κ1) is 25.9. The fourth-order valence-electron chi connectivity index (χ4n) is 3.15. The Kier molecular flexibility index (Phi) is 8.97. The van der Waals surface area contributed by atoms with E-state index >= 15 is 0 Å². The third kappa shape index (κ3) is 8.53. The van der Waals surface area contributed by atoms with E-state index in [0.717, 1.165) is 5.56 Å². The Balaban J connectivity index is 1.49. The van der Waals surface area contributed by atoms with E-state index in [2.05, 4.69) is 15.6 Å². The lowest BCUT2D eigenvalue weighted by atomic mass is 10.2. The van der Waals surface area contributed by atoms with Crippen LogP contribution in [-0.2, 0) is 11.3 Å². The summed E-state index contributed by atoms with van der Waals surface area (Å²) in [7, 11) is 0. The Hall–Kier alpha value is -3.72. The van der Waals surface area contributed by atoms with Gasteiger partial charge < -0.3 is 20.3 Å². The minimum absolute atomic E-state index is 0.182. The Morgan fingerprint density at radius 2 is 1.80 bits per heavy atom. The van der Waals surface area contributed by atoms with Crippen molar-refractivity contribution in [1.29, 1.82) is 0 Å². The molecule has 0 fully saturated rings. The fraction of sp³-hybridized carbons (Fsp3) is 0.308. The van der Waals surface area contributed by atoms with E-state index in [1.54, 1.807) is 47.6 Å². The highest BCUT2D eigenvalue weighted by molar-refractivity contribution is 7.12. The van der Waals surface area contributed by atoms with Gasteiger partial charge in [0.05, 0.1) is 11.4 Å². The Labute approximate surface area is 209 Å². The second-order valence-corrected chi connectivity index (χ2v) is 9.83. The van der Waals surface area contributed by atoms with Crippen LogP contribution in [0, 0.1) is 0 Å². The zero-order chi connectivity index (χ0) is 25.3. The molecule has 2 N–H and O–H groups in total. The summed E-state index contributed by atoms with van der Waals surface area (Å²) in [6, 6.07) is 14.0. The van der Waals surface area contributed by atoms with Gasteiger partial charge in [0, 0.05) is 36.7 Å². The normalized spacial score (nSPS) is 10.9. The lowest BCUT2D eigenvalue weighted by Crippen LogP contribution is -2.38. The molecule has 0 spiro atoms. The first-order valence-corrected chi connectivity index (χ1v) is 12.2. The van der Waals surface area contributed by atoms with E-state index in [0.29, 0.717) is 42.2 Å². The van der Waals surface area contributed by atoms with Crippen molar-refractivity contribution in [3.8, 4) is 0 Å². The second kappa shape index (κ2) is 12.1. The predicted molar refractivity (Wildman–Crippen MR) is 137 cm³/mol. The zero-order valence-electron chi connectivity index (χ0n) is 20.1. The molecule has 184 valence electrons. The SMILES string of the molecule is CC(C)(C)OC(=O)N(CCCNC(=O)c1ccc(NC(=O)c2cccs2)cc1)Cc1cccnc1. The van der Waals surface area contributed by atoms with Gasteiger partial charge >= 0.3 is 6.09 Å². The number of carbonyl (C=O) groups is 3. The van der Waals surface area contributed by atoms with Crippen molar-refractivity contribution >= 4 is 34.9 Å². The van der Waals surface area contributed by atoms with Crippen molar-refractivity contribution in [2.45, 2.75) is 39.3 Å². The summed E-state index contributed by atoms with van der Waals surface area (Å²) < 4.78 is 5.53. The Bertz CT molecular complexity index is 1110. The molecule has 2 aromatic heterocycles. The largest absolute Gasteiger partial charge is 0.444 e. The average Bonchev–Trinajstić information content (AvgIpc) is 3.36. The number of benzene rings is 1. The van der Waals surface area contributed by atoms with Gasteiger partial charge in [-0.25, -0.2) is 4.79 Å². The monoisotopic (exact) mass is 494 g/mol. The maximum absolute atomic E-state index is 12.7. The smallest absolute Gasteiger partial charge is 0.410 e. The predicted octanol–water partition coefficient (Wildman–Crippen LogP) is 4.95. The molecule has 3 amide bonds. The summed E-state index contributed by atoms with van der Waals surface area (Å²) in [6.07, 6.45) is 3.54. The van der Waals surface area contributed by atoms with Gasteiger partial charge in [-0.1, -0.05) is 12.1 Å². The van der Waals surface area contributed by atoms with Gasteiger partial charge in [-0.05, 0) is 74.5 Å². The van der Waals surface area contributed by atoms with Gasteiger partial charge in [0.1, 0.15) is 5.60 Å². The molecular weight excluding hydrogens is 464 g/mol. The number of anilines is 1. The summed E-state index contributed by atoms with van der Waals surface area (Å²) in [5, 5.41) is 7.52. The van der Waals surface area contributed by atoms with E-state index < -0.39 is 11.7 Å². The summed E-state index contributed by atoms with van der Waals surface area (Å²) >= 11 is 1.36. The lowest BCUT2D eigenvalue weighted by molar-refractivity contribution is 0.0232. The molecule has 0 bridgehead atoms. The number of thiophene rings is 1. The number of aromatic nitrogens is 1. The van der Waals surface area contributed by atoms with E-state index in [1.165, 1.54) is 11.3 Å². The standard InChI is InChI=1S/C26H30N4O4S/c1-26(2,3)34-25(33)30(18-19-7-4-13-27-17-19)15-6-14-28-23(31)20-9-11-21(12-10-20)29-24(32)22-8-5-16-35-22/h4-5,7-13,16-17H,6,14-15,18H2,1-3H3,(H,28,31)(H,29,32). The summed E-state index contributed by atoms with van der Waals surface area (Å²) in [4.78, 5) is 43.7. The molecule has 9 heteroatoms. The molecule has 0 aliphatic heterocycles. The minimum Gasteiger partial charge on any atom is -0.444 e. The highest BCUT2D eigenvalue weighted by Crippen LogP contribution is 2.15. The molecule has 0 aliphatic rings. The number of nitrogens with one attached hydrogen (secondary N) is 2. The number of nitrogens with zero attached hydrogens (tertiary/aromatic N) is 2. The molecule has 0 radical (unpaired) electrons. The highest BCUT2D eigenvalue weighted by atomic mass is 32.1. The summed E-state index contributed by atoms with van der Waals surface area (Å²) in [5.41, 5.74) is 1.39. The molecular formula is C26H30N4O4S. The molecule has 35 heavy (non-hydrogen) atoms. The van der Waals surface area contributed by atoms with Crippen LogP contribution in [0.2, 0.25) is 0 Å². The van der Waals surface area contributed by atoms with E-state index in [4.69, 9.17) is 4.74 Å². The van der Waals surface area contributed by atoms with Crippen LogP contribution in [-0.4, -0.2) is 46.5 Å². The molecule has 1 aromatic carbocycles. The van der Waals surface area contributed by atoms with Crippen LogP contribution in [0.3, 0.4) is 0 Å². The number of rotatable bonds is 9. The third-order valence-corrected chi connectivity index (χ3v) is 5.66. The maximum Gasteiger partial charge on any atom is 0.410 e. The molecule has 0 saturated heterocycles. The van der Waals surface area contributed by atoms with Crippen molar-refractivity contribution < 1.29 is 19.1 Å². The maximum atomic E-state index is 12.7. The molecule has 8 nitrogen and oxygen atoms in total. The van der Waals surface area contributed by atoms with Crippen molar-refractivity contribution in [2.75, 3.05) is 18.4 Å². The van der Waals surface area contributed by atoms with Crippen LogP contribution >= 0.6 is 11.3 Å². The van der Waals surface area contributed by atoms with Crippen molar-refractivity contribution in [1.82, 2.24) is 15.2 Å². The summed E-state index contributed by atoms with van der Waals surface area (Å²) in [6.45, 7) is 6.65. The third-order valence-electron chi connectivity index (χ3n) is 4.79. The molecule has 3 rings (SSSR count). The van der Waals surface area contributed by atoms with Gasteiger partial charge in [-0.15, -0.1) is 11.3 Å². The molecule has 0 unspecified atom stereocenters. The fourth-order valence-corrected chi connectivity index (χ4v) is 3.77.